The number of carbonyl (C=O) groups is 1. The molecule has 1 N–H and O–H groups in total. The van der Waals surface area contributed by atoms with Crippen LogP contribution in [-0.4, -0.2) is 30.9 Å². The monoisotopic (exact) mass is 418 g/mol. The van der Waals surface area contributed by atoms with Gasteiger partial charge in [0.15, 0.2) is 5.03 Å². The number of anilines is 1. The van der Waals surface area contributed by atoms with Crippen LogP contribution in [0.5, 0.6) is 0 Å². The first-order valence-electron chi connectivity index (χ1n) is 8.38. The lowest BCUT2D eigenvalue weighted by atomic mass is 10.1. The van der Waals surface area contributed by atoms with Crippen LogP contribution in [0.25, 0.3) is 0 Å². The quantitative estimate of drug-likeness (QED) is 0.667. The minimum Gasteiger partial charge on any atom is -0.355 e. The van der Waals surface area contributed by atoms with Gasteiger partial charge in [0.2, 0.25) is 0 Å². The molecule has 0 aliphatic heterocycles. The summed E-state index contributed by atoms with van der Waals surface area (Å²) in [6.07, 6.45) is 2.86. The van der Waals surface area contributed by atoms with Crippen molar-refractivity contribution in [1.29, 1.82) is 0 Å². The zero-order valence-corrected chi connectivity index (χ0v) is 16.9. The van der Waals surface area contributed by atoms with Crippen molar-refractivity contribution >= 4 is 33.2 Å². The number of hydrogen-bond acceptors (Lipinski definition) is 4. The number of imidazole rings is 1. The maximum Gasteiger partial charge on any atom is 0.283 e. The van der Waals surface area contributed by atoms with Crippen molar-refractivity contribution in [2.24, 2.45) is 7.05 Å². The molecule has 146 valence electrons. The Kier molecular flexibility index (Phi) is 5.71. The maximum absolute atomic E-state index is 13.3. The van der Waals surface area contributed by atoms with E-state index in [1.165, 1.54) is 29.9 Å². The van der Waals surface area contributed by atoms with Gasteiger partial charge in [0.25, 0.3) is 15.9 Å². The van der Waals surface area contributed by atoms with E-state index in [9.17, 15) is 13.2 Å². The number of rotatable bonds is 6. The van der Waals surface area contributed by atoms with Gasteiger partial charge in [-0.3, -0.25) is 9.10 Å². The molecule has 0 atom stereocenters. The molecule has 0 saturated heterocycles. The van der Waals surface area contributed by atoms with Crippen molar-refractivity contribution in [2.75, 3.05) is 11.4 Å². The number of aryl methyl sites for hydroxylation is 1. The Morgan fingerprint density at radius 1 is 1.21 bits per heavy atom. The van der Waals surface area contributed by atoms with Crippen LogP contribution in [0.3, 0.4) is 0 Å². The van der Waals surface area contributed by atoms with Crippen LogP contribution in [0, 0.1) is 0 Å². The van der Waals surface area contributed by atoms with E-state index in [2.05, 4.69) is 10.3 Å². The molecular formula is C19H19ClN4O3S. The predicted molar refractivity (Wildman–Crippen MR) is 108 cm³/mol. The van der Waals surface area contributed by atoms with E-state index in [-0.39, 0.29) is 17.5 Å². The van der Waals surface area contributed by atoms with E-state index in [0.29, 0.717) is 16.3 Å². The van der Waals surface area contributed by atoms with Gasteiger partial charge in [-0.15, -0.1) is 0 Å². The van der Waals surface area contributed by atoms with E-state index in [0.717, 1.165) is 5.56 Å². The lowest BCUT2D eigenvalue weighted by Gasteiger charge is -2.24. The van der Waals surface area contributed by atoms with Crippen molar-refractivity contribution in [3.8, 4) is 0 Å². The molecule has 1 aromatic heterocycles. The number of carbonyl (C=O) groups excluding carboxylic acids is 1. The molecular weight excluding hydrogens is 400 g/mol. The summed E-state index contributed by atoms with van der Waals surface area (Å²) in [4.78, 5) is 16.0. The van der Waals surface area contributed by atoms with Crippen LogP contribution >= 0.6 is 11.6 Å². The molecule has 9 heteroatoms. The number of nitrogens with one attached hydrogen (secondary N) is 1. The molecule has 0 aliphatic carbocycles. The Morgan fingerprint density at radius 2 is 1.93 bits per heavy atom. The fraction of sp³-hybridized carbons (Fsp3) is 0.158. The Balaban J connectivity index is 2.09. The number of hydrogen-bond donors (Lipinski definition) is 1. The number of halogens is 1. The molecule has 0 saturated carbocycles. The summed E-state index contributed by atoms with van der Waals surface area (Å²) in [6, 6.07) is 13.3. The van der Waals surface area contributed by atoms with Gasteiger partial charge in [-0.1, -0.05) is 29.8 Å². The topological polar surface area (TPSA) is 84.3 Å². The van der Waals surface area contributed by atoms with Gasteiger partial charge in [0.1, 0.15) is 0 Å². The third-order valence-corrected chi connectivity index (χ3v) is 6.01. The lowest BCUT2D eigenvalue weighted by molar-refractivity contribution is 0.0963. The summed E-state index contributed by atoms with van der Waals surface area (Å²) in [5, 5.41) is 3.02. The summed E-state index contributed by atoms with van der Waals surface area (Å²) in [5.41, 5.74) is 1.47. The summed E-state index contributed by atoms with van der Waals surface area (Å²) < 4.78 is 29.4. The molecule has 0 unspecified atom stereocenters. The van der Waals surface area contributed by atoms with Crippen LogP contribution < -0.4 is 9.62 Å². The fourth-order valence-corrected chi connectivity index (χ4v) is 4.19. The smallest absolute Gasteiger partial charge is 0.283 e. The largest absolute Gasteiger partial charge is 0.355 e. The van der Waals surface area contributed by atoms with Gasteiger partial charge in [-0.2, -0.15) is 8.42 Å². The van der Waals surface area contributed by atoms with Crippen molar-refractivity contribution < 1.29 is 13.2 Å². The number of amides is 1. The molecule has 0 radical (unpaired) electrons. The highest BCUT2D eigenvalue weighted by Gasteiger charge is 2.28. The minimum atomic E-state index is -3.95. The Bertz CT molecular complexity index is 1090. The van der Waals surface area contributed by atoms with E-state index in [1.54, 1.807) is 54.1 Å². The van der Waals surface area contributed by atoms with E-state index in [4.69, 9.17) is 11.6 Å². The van der Waals surface area contributed by atoms with Crippen molar-refractivity contribution in [3.63, 3.8) is 0 Å². The second kappa shape index (κ2) is 8.04. The lowest BCUT2D eigenvalue weighted by Crippen LogP contribution is -2.31. The summed E-state index contributed by atoms with van der Waals surface area (Å²) >= 11 is 5.94. The van der Waals surface area contributed by atoms with Gasteiger partial charge < -0.3 is 9.88 Å². The van der Waals surface area contributed by atoms with Gasteiger partial charge in [0, 0.05) is 30.9 Å². The first-order valence-corrected chi connectivity index (χ1v) is 10.2. The Morgan fingerprint density at radius 3 is 2.54 bits per heavy atom. The average molecular weight is 419 g/mol. The highest BCUT2D eigenvalue weighted by atomic mass is 35.5. The second-order valence-corrected chi connectivity index (χ2v) is 8.39. The highest BCUT2D eigenvalue weighted by molar-refractivity contribution is 7.92. The zero-order valence-electron chi connectivity index (χ0n) is 15.3. The summed E-state index contributed by atoms with van der Waals surface area (Å²) in [6.45, 7) is 0.0628. The molecule has 28 heavy (non-hydrogen) atoms. The maximum atomic E-state index is 13.3. The molecule has 0 aliphatic rings. The molecule has 0 bridgehead atoms. The molecule has 0 spiro atoms. The standard InChI is InChI=1S/C19H19ClN4O3S/c1-21-19(25)15-4-3-5-17(10-15)24(11-14-6-8-16(20)9-7-14)28(26,27)18-12-23(2)13-22-18/h3-10,12-13H,11H2,1-2H3,(H,21,25). The van der Waals surface area contributed by atoms with Crippen LogP contribution in [-0.2, 0) is 23.6 Å². The number of nitrogens with zero attached hydrogens (tertiary/aromatic N) is 3. The Hall–Kier alpha value is -2.84. The van der Waals surface area contributed by atoms with Crippen LogP contribution in [0.2, 0.25) is 5.02 Å². The fourth-order valence-electron chi connectivity index (χ4n) is 2.65. The molecule has 0 fully saturated rings. The SMILES string of the molecule is CNC(=O)c1cccc(N(Cc2ccc(Cl)cc2)S(=O)(=O)c2cn(C)cn2)c1. The van der Waals surface area contributed by atoms with Gasteiger partial charge >= 0.3 is 0 Å². The van der Waals surface area contributed by atoms with Crippen molar-refractivity contribution in [2.45, 2.75) is 11.6 Å². The van der Waals surface area contributed by atoms with Crippen molar-refractivity contribution in [1.82, 2.24) is 14.9 Å². The Labute approximate surface area is 168 Å². The van der Waals surface area contributed by atoms with E-state index >= 15 is 0 Å². The highest BCUT2D eigenvalue weighted by Crippen LogP contribution is 2.26. The molecule has 2 aromatic carbocycles. The first kappa shape index (κ1) is 19.9. The summed E-state index contributed by atoms with van der Waals surface area (Å²) in [7, 11) is -0.739. The predicted octanol–water partition coefficient (Wildman–Crippen LogP) is 2.83. The summed E-state index contributed by atoms with van der Waals surface area (Å²) in [5.74, 6) is -0.302. The molecule has 1 amide bonds. The third-order valence-electron chi connectivity index (χ3n) is 4.10. The first-order chi connectivity index (χ1) is 13.3. The second-order valence-electron chi connectivity index (χ2n) is 6.14. The molecule has 7 nitrogen and oxygen atoms in total. The van der Waals surface area contributed by atoms with Crippen LogP contribution in [0.15, 0.2) is 66.1 Å². The van der Waals surface area contributed by atoms with Crippen LogP contribution in [0.4, 0.5) is 5.69 Å². The van der Waals surface area contributed by atoms with Crippen LogP contribution in [0.1, 0.15) is 15.9 Å². The normalized spacial score (nSPS) is 11.2. The van der Waals surface area contributed by atoms with Gasteiger partial charge in [0.05, 0.1) is 18.6 Å². The minimum absolute atomic E-state index is 0.0628. The molecule has 3 rings (SSSR count). The van der Waals surface area contributed by atoms with Gasteiger partial charge in [-0.05, 0) is 35.9 Å². The van der Waals surface area contributed by atoms with E-state index < -0.39 is 10.0 Å². The molecule has 1 heterocycles. The van der Waals surface area contributed by atoms with E-state index in [1.807, 2.05) is 0 Å². The van der Waals surface area contributed by atoms with Gasteiger partial charge in [-0.25, -0.2) is 4.98 Å². The zero-order chi connectivity index (χ0) is 20.3. The molecule has 3 aromatic rings. The number of sulfonamides is 1. The number of benzene rings is 2. The third kappa shape index (κ3) is 4.18. The van der Waals surface area contributed by atoms with Crippen molar-refractivity contribution in [3.05, 3.63) is 77.2 Å². The average Bonchev–Trinajstić information content (AvgIpc) is 3.14. The number of aromatic nitrogens is 2.